The van der Waals surface area contributed by atoms with E-state index in [1.165, 1.54) is 11.2 Å². The second-order valence-corrected chi connectivity index (χ2v) is 4.84. The zero-order valence-electron chi connectivity index (χ0n) is 11.8. The average Bonchev–Trinajstić information content (AvgIpc) is 3.00. The molecular weight excluding hydrogens is 272 g/mol. The fourth-order valence-electron chi connectivity index (χ4n) is 1.91. The molecule has 0 aliphatic rings. The van der Waals surface area contributed by atoms with E-state index in [4.69, 9.17) is 5.11 Å². The first-order valence-corrected chi connectivity index (χ1v) is 6.43. The zero-order valence-corrected chi connectivity index (χ0v) is 11.8. The average molecular weight is 288 g/mol. The minimum Gasteiger partial charge on any atom is -0.481 e. The van der Waals surface area contributed by atoms with Crippen LogP contribution >= 0.6 is 0 Å². The fourth-order valence-corrected chi connectivity index (χ4v) is 1.91. The highest BCUT2D eigenvalue weighted by Crippen LogP contribution is 2.15. The van der Waals surface area contributed by atoms with Gasteiger partial charge in [0.05, 0.1) is 5.92 Å². The van der Waals surface area contributed by atoms with Gasteiger partial charge < -0.3 is 10.0 Å². The number of carbonyl (C=O) groups excluding carboxylic acids is 1. The third-order valence-corrected chi connectivity index (χ3v) is 3.14. The molecular formula is C14H16N4O3. The number of hydrogen-bond donors (Lipinski definition) is 2. The Hall–Kier alpha value is -2.70. The van der Waals surface area contributed by atoms with Crippen molar-refractivity contribution in [2.24, 2.45) is 5.92 Å². The number of nitrogens with one attached hydrogen (secondary N) is 1. The van der Waals surface area contributed by atoms with Crippen LogP contribution < -0.4 is 0 Å². The molecule has 7 nitrogen and oxygen atoms in total. The normalized spacial score (nSPS) is 11.9. The summed E-state index contributed by atoms with van der Waals surface area (Å²) >= 11 is 0. The number of aliphatic carboxylic acids is 1. The van der Waals surface area contributed by atoms with E-state index in [0.29, 0.717) is 11.4 Å². The van der Waals surface area contributed by atoms with Gasteiger partial charge in [-0.25, -0.2) is 4.98 Å². The number of hydrogen-bond acceptors (Lipinski definition) is 4. The van der Waals surface area contributed by atoms with Crippen LogP contribution in [-0.4, -0.2) is 50.7 Å². The van der Waals surface area contributed by atoms with Gasteiger partial charge in [0.25, 0.3) is 5.91 Å². The lowest BCUT2D eigenvalue weighted by molar-refractivity contribution is -0.141. The van der Waals surface area contributed by atoms with Gasteiger partial charge in [0.2, 0.25) is 0 Å². The van der Waals surface area contributed by atoms with Crippen molar-refractivity contribution in [3.63, 3.8) is 0 Å². The van der Waals surface area contributed by atoms with Crippen LogP contribution in [0.5, 0.6) is 0 Å². The van der Waals surface area contributed by atoms with Crippen LogP contribution in [0.2, 0.25) is 0 Å². The van der Waals surface area contributed by atoms with Crippen LogP contribution in [0.4, 0.5) is 0 Å². The maximum atomic E-state index is 12.2. The Bertz CT molecular complexity index is 622. The van der Waals surface area contributed by atoms with Gasteiger partial charge in [0.15, 0.2) is 5.82 Å². The van der Waals surface area contributed by atoms with E-state index in [-0.39, 0.29) is 12.5 Å². The van der Waals surface area contributed by atoms with Crippen molar-refractivity contribution in [3.8, 4) is 11.4 Å². The number of benzene rings is 1. The zero-order chi connectivity index (χ0) is 15.4. The predicted octanol–water partition coefficient (Wildman–Crippen LogP) is 1.26. The molecule has 1 aromatic carbocycles. The van der Waals surface area contributed by atoms with Crippen LogP contribution in [0, 0.1) is 5.92 Å². The molecule has 1 aromatic heterocycles. The summed E-state index contributed by atoms with van der Waals surface area (Å²) < 4.78 is 0. The Balaban J connectivity index is 2.07. The topological polar surface area (TPSA) is 99.2 Å². The first-order chi connectivity index (χ1) is 9.99. The highest BCUT2D eigenvalue weighted by atomic mass is 16.4. The second kappa shape index (κ2) is 6.17. The lowest BCUT2D eigenvalue weighted by atomic mass is 10.1. The Labute approximate surface area is 121 Å². The number of H-pyrrole nitrogens is 1. The summed E-state index contributed by atoms with van der Waals surface area (Å²) in [6.07, 6.45) is 1.41. The molecule has 0 bridgehead atoms. The van der Waals surface area contributed by atoms with Crippen molar-refractivity contribution in [2.75, 3.05) is 13.6 Å². The molecule has 1 atom stereocenters. The van der Waals surface area contributed by atoms with Crippen LogP contribution in [-0.2, 0) is 4.79 Å². The van der Waals surface area contributed by atoms with Crippen LogP contribution in [0.25, 0.3) is 11.4 Å². The summed E-state index contributed by atoms with van der Waals surface area (Å²) in [7, 11) is 1.59. The molecule has 0 fully saturated rings. The van der Waals surface area contributed by atoms with Crippen molar-refractivity contribution < 1.29 is 14.7 Å². The lowest BCUT2D eigenvalue weighted by Crippen LogP contribution is -2.33. The van der Waals surface area contributed by atoms with Gasteiger partial charge in [-0.3, -0.25) is 14.7 Å². The van der Waals surface area contributed by atoms with E-state index in [9.17, 15) is 9.59 Å². The molecule has 0 aliphatic heterocycles. The molecule has 0 saturated heterocycles. The van der Waals surface area contributed by atoms with Gasteiger partial charge in [-0.05, 0) is 12.1 Å². The molecule has 7 heteroatoms. The molecule has 0 aliphatic carbocycles. The summed E-state index contributed by atoms with van der Waals surface area (Å²) in [5, 5.41) is 15.4. The van der Waals surface area contributed by atoms with Gasteiger partial charge in [0.1, 0.15) is 6.33 Å². The summed E-state index contributed by atoms with van der Waals surface area (Å²) in [6, 6.07) is 6.90. The van der Waals surface area contributed by atoms with E-state index in [1.54, 1.807) is 38.2 Å². The van der Waals surface area contributed by atoms with Crippen molar-refractivity contribution in [1.82, 2.24) is 20.1 Å². The summed E-state index contributed by atoms with van der Waals surface area (Å²) in [5.74, 6) is -1.11. The van der Waals surface area contributed by atoms with Gasteiger partial charge in [-0.15, -0.1) is 0 Å². The summed E-state index contributed by atoms with van der Waals surface area (Å²) in [4.78, 5) is 28.4. The number of carbonyl (C=O) groups is 2. The standard InChI is InChI=1S/C14H16N4O3/c1-9(14(20)21)7-18(2)13(19)11-5-3-10(4-6-11)12-15-8-16-17-12/h3-6,8-9H,7H2,1-2H3,(H,20,21)(H,15,16,17). The molecule has 1 amide bonds. The Morgan fingerprint density at radius 3 is 2.52 bits per heavy atom. The van der Waals surface area contributed by atoms with E-state index < -0.39 is 11.9 Å². The molecule has 1 heterocycles. The van der Waals surface area contributed by atoms with Crippen molar-refractivity contribution in [1.29, 1.82) is 0 Å². The molecule has 2 N–H and O–H groups in total. The quantitative estimate of drug-likeness (QED) is 0.863. The van der Waals surface area contributed by atoms with Crippen LogP contribution in [0.3, 0.4) is 0 Å². The third-order valence-electron chi connectivity index (χ3n) is 3.14. The van der Waals surface area contributed by atoms with Crippen molar-refractivity contribution in [3.05, 3.63) is 36.2 Å². The van der Waals surface area contributed by atoms with Crippen molar-refractivity contribution >= 4 is 11.9 Å². The SMILES string of the molecule is CC(CN(C)C(=O)c1ccc(-c2ncn[nH]2)cc1)C(=O)O. The first-order valence-electron chi connectivity index (χ1n) is 6.43. The highest BCUT2D eigenvalue weighted by molar-refractivity contribution is 5.94. The fraction of sp³-hybridized carbons (Fsp3) is 0.286. The first kappa shape index (κ1) is 14.7. The van der Waals surface area contributed by atoms with E-state index in [1.807, 2.05) is 0 Å². The largest absolute Gasteiger partial charge is 0.481 e. The molecule has 2 rings (SSSR count). The minimum absolute atomic E-state index is 0.165. The summed E-state index contributed by atoms with van der Waals surface area (Å²) in [5.41, 5.74) is 1.32. The monoisotopic (exact) mass is 288 g/mol. The number of aromatic nitrogens is 3. The highest BCUT2D eigenvalue weighted by Gasteiger charge is 2.18. The molecule has 21 heavy (non-hydrogen) atoms. The minimum atomic E-state index is -0.921. The molecule has 0 radical (unpaired) electrons. The summed E-state index contributed by atoms with van der Waals surface area (Å²) in [6.45, 7) is 1.73. The number of aromatic amines is 1. The van der Waals surface area contributed by atoms with Crippen LogP contribution in [0.15, 0.2) is 30.6 Å². The van der Waals surface area contributed by atoms with Gasteiger partial charge in [-0.2, -0.15) is 5.10 Å². The number of amides is 1. The Morgan fingerprint density at radius 1 is 1.33 bits per heavy atom. The van der Waals surface area contributed by atoms with E-state index in [0.717, 1.165) is 5.56 Å². The third kappa shape index (κ3) is 3.44. The predicted molar refractivity (Wildman–Crippen MR) is 75.6 cm³/mol. The molecule has 0 saturated carbocycles. The van der Waals surface area contributed by atoms with Gasteiger partial charge in [-0.1, -0.05) is 19.1 Å². The smallest absolute Gasteiger partial charge is 0.308 e. The lowest BCUT2D eigenvalue weighted by Gasteiger charge is -2.19. The number of carboxylic acid groups (broad SMARTS) is 1. The van der Waals surface area contributed by atoms with E-state index in [2.05, 4.69) is 15.2 Å². The maximum Gasteiger partial charge on any atom is 0.308 e. The molecule has 110 valence electrons. The second-order valence-electron chi connectivity index (χ2n) is 4.84. The number of carboxylic acids is 1. The molecule has 0 spiro atoms. The van der Waals surface area contributed by atoms with Gasteiger partial charge in [0, 0.05) is 24.7 Å². The molecule has 1 unspecified atom stereocenters. The maximum absolute atomic E-state index is 12.2. The number of rotatable bonds is 5. The van der Waals surface area contributed by atoms with Crippen molar-refractivity contribution in [2.45, 2.75) is 6.92 Å². The van der Waals surface area contributed by atoms with Gasteiger partial charge >= 0.3 is 5.97 Å². The number of nitrogens with zero attached hydrogens (tertiary/aromatic N) is 3. The molecule has 2 aromatic rings. The van der Waals surface area contributed by atoms with Crippen LogP contribution in [0.1, 0.15) is 17.3 Å². The van der Waals surface area contributed by atoms with E-state index >= 15 is 0 Å². The Morgan fingerprint density at radius 2 is 2.00 bits per heavy atom. The Kier molecular flexibility index (Phi) is 4.32.